The lowest BCUT2D eigenvalue weighted by atomic mass is 10.1. The first-order valence-corrected chi connectivity index (χ1v) is 13.3. The quantitative estimate of drug-likeness (QED) is 0.219. The Morgan fingerprint density at radius 3 is 2.09 bits per heavy atom. The zero-order chi connectivity index (χ0) is 26.2. The Hall–Kier alpha value is -2.60. The summed E-state index contributed by atoms with van der Waals surface area (Å²) in [4.78, 5) is 28.6. The summed E-state index contributed by atoms with van der Waals surface area (Å²) >= 11 is 1.28. The summed E-state index contributed by atoms with van der Waals surface area (Å²) in [6, 6.07) is 1.37. The summed E-state index contributed by atoms with van der Waals surface area (Å²) in [7, 11) is -4.37. The highest BCUT2D eigenvalue weighted by Crippen LogP contribution is 2.52. The molecule has 2 aromatic heterocycles. The molecule has 0 aliphatic carbocycles. The van der Waals surface area contributed by atoms with E-state index < -0.39 is 32.5 Å². The fourth-order valence-corrected chi connectivity index (χ4v) is 5.74. The van der Waals surface area contributed by atoms with E-state index in [9.17, 15) is 14.2 Å². The Balaban J connectivity index is 2.45. The second-order valence-corrected chi connectivity index (χ2v) is 10.5. The van der Waals surface area contributed by atoms with Crippen LogP contribution in [0.4, 0.5) is 14.7 Å². The third kappa shape index (κ3) is 8.24. The number of carbonyl (C=O) groups excluding carboxylic acids is 2. The average Bonchev–Trinajstić information content (AvgIpc) is 3.34. The van der Waals surface area contributed by atoms with Gasteiger partial charge in [0.05, 0.1) is 19.5 Å². The van der Waals surface area contributed by atoms with Crippen LogP contribution in [0.15, 0.2) is 16.7 Å². The van der Waals surface area contributed by atoms with Crippen LogP contribution in [0.25, 0.3) is 11.5 Å². The molecule has 0 fully saturated rings. The van der Waals surface area contributed by atoms with Gasteiger partial charge < -0.3 is 29.1 Å². The Morgan fingerprint density at radius 1 is 1.06 bits per heavy atom. The van der Waals surface area contributed by atoms with Gasteiger partial charge in [-0.2, -0.15) is 0 Å². The maximum absolute atomic E-state index is 14.1. The highest BCUT2D eigenvalue weighted by Gasteiger charge is 2.40. The van der Waals surface area contributed by atoms with E-state index in [-0.39, 0.29) is 30.2 Å². The molecule has 2 N–H and O–H groups in total. The van der Waals surface area contributed by atoms with Crippen molar-refractivity contribution in [2.24, 2.45) is 5.92 Å². The van der Waals surface area contributed by atoms with Gasteiger partial charge >= 0.3 is 19.9 Å². The Labute approximate surface area is 207 Å². The van der Waals surface area contributed by atoms with Gasteiger partial charge in [-0.15, -0.1) is 11.3 Å². The minimum atomic E-state index is -4.37. The molecule has 0 aliphatic heterocycles. The van der Waals surface area contributed by atoms with E-state index in [1.807, 2.05) is 13.8 Å². The van der Waals surface area contributed by atoms with Gasteiger partial charge in [-0.3, -0.25) is 13.6 Å². The molecular weight excluding hydrogens is 503 g/mol. The minimum Gasteiger partial charge on any atom is -0.462 e. The number of thiazole rings is 1. The standard InChI is InChI=1S/C21H31N2O10PS/c1-7-27-20(24)30-13(5)32-34(26,33-14(6)31-21(25)28-8-2)15-9-10-29-18(15)17-16(11-12(3)4)35-19(22)23-17/h9-10,12-14H,7-8,11H2,1-6H3,(H2,22,23). The molecule has 2 atom stereocenters. The van der Waals surface area contributed by atoms with Crippen LogP contribution in [0, 0.1) is 5.92 Å². The molecule has 12 nitrogen and oxygen atoms in total. The Bertz CT molecular complexity index is 1010. The lowest BCUT2D eigenvalue weighted by molar-refractivity contribution is -0.0827. The number of nitrogen functional groups attached to an aromatic ring is 1. The summed E-state index contributed by atoms with van der Waals surface area (Å²) in [6.07, 6.45) is -2.86. The number of carbonyl (C=O) groups is 2. The molecule has 2 heterocycles. The van der Waals surface area contributed by atoms with E-state index in [4.69, 9.17) is 38.1 Å². The summed E-state index contributed by atoms with van der Waals surface area (Å²) in [5.74, 6) is 0.380. The fourth-order valence-electron chi connectivity index (χ4n) is 2.90. The minimum absolute atomic E-state index is 0.0218. The average molecular weight is 535 g/mol. The van der Waals surface area contributed by atoms with Crippen molar-refractivity contribution in [2.75, 3.05) is 18.9 Å². The number of ether oxygens (including phenoxy) is 4. The highest BCUT2D eigenvalue weighted by molar-refractivity contribution is 7.62. The van der Waals surface area contributed by atoms with Crippen LogP contribution < -0.4 is 11.0 Å². The first-order valence-electron chi connectivity index (χ1n) is 11.0. The van der Waals surface area contributed by atoms with Gasteiger partial charge in [-0.05, 0) is 46.1 Å². The third-order valence-corrected chi connectivity index (χ3v) is 7.08. The molecule has 0 saturated carbocycles. The summed E-state index contributed by atoms with van der Waals surface area (Å²) in [6.45, 7) is 10.1. The second kappa shape index (κ2) is 12.9. The van der Waals surface area contributed by atoms with Crippen molar-refractivity contribution in [3.05, 3.63) is 17.2 Å². The van der Waals surface area contributed by atoms with Gasteiger partial charge in [0.2, 0.25) is 12.6 Å². The Kier molecular flexibility index (Phi) is 10.6. The van der Waals surface area contributed by atoms with E-state index in [1.54, 1.807) is 13.8 Å². The molecule has 2 aromatic rings. The first kappa shape index (κ1) is 28.6. The van der Waals surface area contributed by atoms with Gasteiger partial charge in [0.1, 0.15) is 11.0 Å². The molecule has 0 aliphatic rings. The second-order valence-electron chi connectivity index (χ2n) is 7.50. The van der Waals surface area contributed by atoms with Crippen LogP contribution in [0.1, 0.15) is 46.4 Å². The number of furan rings is 1. The van der Waals surface area contributed by atoms with Gasteiger partial charge in [0.15, 0.2) is 10.9 Å². The molecule has 196 valence electrons. The zero-order valence-corrected chi connectivity index (χ0v) is 22.2. The normalized spacial score (nSPS) is 14.7. The van der Waals surface area contributed by atoms with Crippen molar-refractivity contribution >= 4 is 41.7 Å². The molecule has 0 bridgehead atoms. The maximum atomic E-state index is 14.1. The van der Waals surface area contributed by atoms with Gasteiger partial charge in [-0.25, -0.2) is 14.6 Å². The van der Waals surface area contributed by atoms with Crippen LogP contribution in [-0.2, 0) is 39.0 Å². The van der Waals surface area contributed by atoms with E-state index in [0.29, 0.717) is 17.2 Å². The third-order valence-electron chi connectivity index (χ3n) is 4.09. The smallest absolute Gasteiger partial charge is 0.462 e. The summed E-state index contributed by atoms with van der Waals surface area (Å²) in [5, 5.41) is 0.277. The number of hydrogen-bond acceptors (Lipinski definition) is 13. The number of nitrogens with zero attached hydrogens (tertiary/aromatic N) is 1. The molecule has 0 radical (unpaired) electrons. The van der Waals surface area contributed by atoms with Crippen molar-refractivity contribution < 1.29 is 46.6 Å². The molecule has 0 amide bonds. The lowest BCUT2D eigenvalue weighted by Crippen LogP contribution is -2.25. The van der Waals surface area contributed by atoms with Crippen LogP contribution in [0.2, 0.25) is 0 Å². The SMILES string of the molecule is CCOC(=O)OC(C)OP(=O)(OC(C)OC(=O)OCC)c1ccoc1-c1nc(N)sc1CC(C)C. The van der Waals surface area contributed by atoms with Crippen LogP contribution in [0.5, 0.6) is 0 Å². The molecule has 35 heavy (non-hydrogen) atoms. The van der Waals surface area contributed by atoms with E-state index in [1.165, 1.54) is 37.5 Å². The van der Waals surface area contributed by atoms with Crippen LogP contribution in [0.3, 0.4) is 0 Å². The molecule has 0 spiro atoms. The van der Waals surface area contributed by atoms with E-state index in [2.05, 4.69) is 4.98 Å². The predicted molar refractivity (Wildman–Crippen MR) is 127 cm³/mol. The van der Waals surface area contributed by atoms with E-state index in [0.717, 1.165) is 4.88 Å². The number of aromatic nitrogens is 1. The van der Waals surface area contributed by atoms with Crippen LogP contribution >= 0.6 is 18.9 Å². The van der Waals surface area contributed by atoms with Crippen molar-refractivity contribution in [3.63, 3.8) is 0 Å². The maximum Gasteiger partial charge on any atom is 0.510 e. The fraction of sp³-hybridized carbons (Fsp3) is 0.571. The zero-order valence-electron chi connectivity index (χ0n) is 20.5. The number of nitrogens with two attached hydrogens (primary N) is 1. The largest absolute Gasteiger partial charge is 0.510 e. The molecule has 14 heteroatoms. The van der Waals surface area contributed by atoms with Crippen molar-refractivity contribution in [3.8, 4) is 11.5 Å². The monoisotopic (exact) mass is 534 g/mol. The highest BCUT2D eigenvalue weighted by atomic mass is 32.1. The molecule has 0 aromatic carbocycles. The number of hydrogen-bond donors (Lipinski definition) is 1. The van der Waals surface area contributed by atoms with Gasteiger partial charge in [0, 0.05) is 4.88 Å². The van der Waals surface area contributed by atoms with E-state index >= 15 is 0 Å². The number of rotatable bonds is 12. The molecule has 2 rings (SSSR count). The topological polar surface area (TPSA) is 159 Å². The lowest BCUT2D eigenvalue weighted by Gasteiger charge is -2.24. The number of anilines is 1. The molecular formula is C21H31N2O10PS. The van der Waals surface area contributed by atoms with Crippen molar-refractivity contribution in [1.29, 1.82) is 0 Å². The molecule has 0 saturated heterocycles. The van der Waals surface area contributed by atoms with Crippen molar-refractivity contribution in [2.45, 2.75) is 60.5 Å². The first-order chi connectivity index (χ1) is 16.5. The van der Waals surface area contributed by atoms with Crippen LogP contribution in [-0.4, -0.2) is 43.1 Å². The summed E-state index contributed by atoms with van der Waals surface area (Å²) < 4.78 is 50.3. The predicted octanol–water partition coefficient (Wildman–Crippen LogP) is 5.07. The summed E-state index contributed by atoms with van der Waals surface area (Å²) in [5.41, 5.74) is 6.32. The molecule has 2 unspecified atom stereocenters. The Morgan fingerprint density at radius 2 is 1.60 bits per heavy atom. The van der Waals surface area contributed by atoms with Gasteiger partial charge in [-0.1, -0.05) is 13.8 Å². The van der Waals surface area contributed by atoms with Crippen molar-refractivity contribution in [1.82, 2.24) is 4.98 Å². The van der Waals surface area contributed by atoms with Gasteiger partial charge in [0.25, 0.3) is 0 Å².